The number of benzene rings is 2. The van der Waals surface area contributed by atoms with E-state index in [4.69, 9.17) is 9.47 Å². The quantitative estimate of drug-likeness (QED) is 0.742. The van der Waals surface area contributed by atoms with Gasteiger partial charge in [0.25, 0.3) is 5.91 Å². The number of fused-ring (bicyclic) bond motifs is 1. The van der Waals surface area contributed by atoms with E-state index in [9.17, 15) is 14.0 Å². The van der Waals surface area contributed by atoms with Gasteiger partial charge in [-0.25, -0.2) is 9.18 Å². The van der Waals surface area contributed by atoms with Crippen LogP contribution in [-0.4, -0.2) is 37.4 Å². The van der Waals surface area contributed by atoms with E-state index in [2.05, 4.69) is 6.92 Å². The topological polar surface area (TPSA) is 55.8 Å². The second-order valence-electron chi connectivity index (χ2n) is 6.16. The minimum absolute atomic E-state index is 0.0292. The summed E-state index contributed by atoms with van der Waals surface area (Å²) in [5.41, 5.74) is 0.852. The number of rotatable bonds is 4. The summed E-state index contributed by atoms with van der Waals surface area (Å²) in [6.07, 6.45) is 0.836. The molecule has 0 aliphatic carbocycles. The molecule has 1 aliphatic rings. The number of ether oxygens (including phenoxy) is 2. The normalized spacial score (nSPS) is 16.3. The molecule has 1 heterocycles. The van der Waals surface area contributed by atoms with Gasteiger partial charge in [-0.3, -0.25) is 4.79 Å². The molecular formula is C20H20FNO4S. The van der Waals surface area contributed by atoms with Gasteiger partial charge in [0.05, 0.1) is 18.4 Å². The van der Waals surface area contributed by atoms with Crippen molar-refractivity contribution < 1.29 is 23.5 Å². The summed E-state index contributed by atoms with van der Waals surface area (Å²) in [5.74, 6) is -1.68. The predicted molar refractivity (Wildman–Crippen MR) is 102 cm³/mol. The van der Waals surface area contributed by atoms with Gasteiger partial charge in [-0.1, -0.05) is 19.1 Å². The molecule has 1 amide bonds. The van der Waals surface area contributed by atoms with Gasteiger partial charge in [-0.15, -0.1) is 11.8 Å². The first-order valence-electron chi connectivity index (χ1n) is 8.56. The SMILES string of the molecule is COc1ccc(C(=O)OCC(=O)N2CC[C@@H](C)Sc3ccccc32)cc1F. The second kappa shape index (κ2) is 8.43. The molecule has 1 atom stereocenters. The van der Waals surface area contributed by atoms with E-state index in [0.717, 1.165) is 23.1 Å². The Balaban J connectivity index is 1.69. The van der Waals surface area contributed by atoms with Crippen LogP contribution in [0.2, 0.25) is 0 Å². The number of nitrogens with zero attached hydrogens (tertiary/aromatic N) is 1. The number of amides is 1. The number of thioether (sulfide) groups is 1. The first-order valence-corrected chi connectivity index (χ1v) is 9.44. The van der Waals surface area contributed by atoms with Crippen LogP contribution in [0, 0.1) is 5.82 Å². The van der Waals surface area contributed by atoms with Gasteiger partial charge < -0.3 is 14.4 Å². The second-order valence-corrected chi connectivity index (χ2v) is 7.64. The Morgan fingerprint density at radius 2 is 2.04 bits per heavy atom. The van der Waals surface area contributed by atoms with E-state index in [0.29, 0.717) is 11.8 Å². The number of methoxy groups -OCH3 is 1. The Labute approximate surface area is 161 Å². The molecule has 142 valence electrons. The van der Waals surface area contributed by atoms with Crippen LogP contribution in [0.25, 0.3) is 0 Å². The fourth-order valence-electron chi connectivity index (χ4n) is 2.83. The number of hydrogen-bond acceptors (Lipinski definition) is 5. The molecule has 0 bridgehead atoms. The number of esters is 1. The lowest BCUT2D eigenvalue weighted by molar-refractivity contribution is -0.121. The average molecular weight is 389 g/mol. The van der Waals surface area contributed by atoms with Crippen molar-refractivity contribution in [3.63, 3.8) is 0 Å². The molecule has 0 saturated carbocycles. The van der Waals surface area contributed by atoms with Crippen LogP contribution in [0.5, 0.6) is 5.75 Å². The van der Waals surface area contributed by atoms with E-state index >= 15 is 0 Å². The van der Waals surface area contributed by atoms with Gasteiger partial charge in [0, 0.05) is 16.7 Å². The minimum atomic E-state index is -0.754. The first kappa shape index (κ1) is 19.2. The summed E-state index contributed by atoms with van der Waals surface area (Å²) >= 11 is 1.72. The predicted octanol–water partition coefficient (Wildman–Crippen LogP) is 3.91. The van der Waals surface area contributed by atoms with Crippen molar-refractivity contribution >= 4 is 29.3 Å². The fourth-order valence-corrected chi connectivity index (χ4v) is 3.94. The van der Waals surface area contributed by atoms with Crippen molar-refractivity contribution in [2.75, 3.05) is 25.2 Å². The molecule has 0 fully saturated rings. The summed E-state index contributed by atoms with van der Waals surface area (Å²) in [5, 5.41) is 0.383. The highest BCUT2D eigenvalue weighted by Crippen LogP contribution is 2.37. The molecule has 27 heavy (non-hydrogen) atoms. The maximum absolute atomic E-state index is 13.7. The van der Waals surface area contributed by atoms with Crippen molar-refractivity contribution in [2.24, 2.45) is 0 Å². The Morgan fingerprint density at radius 1 is 1.26 bits per heavy atom. The van der Waals surface area contributed by atoms with Gasteiger partial charge in [0.1, 0.15) is 0 Å². The van der Waals surface area contributed by atoms with Crippen molar-refractivity contribution in [1.82, 2.24) is 0 Å². The molecule has 7 heteroatoms. The molecule has 2 aromatic carbocycles. The van der Waals surface area contributed by atoms with E-state index in [1.54, 1.807) is 16.7 Å². The highest BCUT2D eigenvalue weighted by molar-refractivity contribution is 8.00. The Hall–Kier alpha value is -2.54. The maximum atomic E-state index is 13.7. The van der Waals surface area contributed by atoms with Crippen LogP contribution in [-0.2, 0) is 9.53 Å². The Kier molecular flexibility index (Phi) is 6.01. The number of halogens is 1. The number of anilines is 1. The third-order valence-corrected chi connectivity index (χ3v) is 5.50. The molecular weight excluding hydrogens is 369 g/mol. The van der Waals surface area contributed by atoms with Crippen LogP contribution >= 0.6 is 11.8 Å². The third-order valence-electron chi connectivity index (χ3n) is 4.26. The molecule has 0 radical (unpaired) electrons. The lowest BCUT2D eigenvalue weighted by atomic mass is 10.2. The lowest BCUT2D eigenvalue weighted by Gasteiger charge is -2.22. The third kappa shape index (κ3) is 4.42. The highest BCUT2D eigenvalue weighted by atomic mass is 32.2. The van der Waals surface area contributed by atoms with E-state index in [1.165, 1.54) is 19.2 Å². The van der Waals surface area contributed by atoms with Gasteiger partial charge in [0.2, 0.25) is 0 Å². The van der Waals surface area contributed by atoms with Crippen LogP contribution in [0.1, 0.15) is 23.7 Å². The first-order chi connectivity index (χ1) is 13.0. The van der Waals surface area contributed by atoms with E-state index in [-0.39, 0.29) is 17.2 Å². The number of hydrogen-bond donors (Lipinski definition) is 0. The summed E-state index contributed by atoms with van der Waals surface area (Å²) in [4.78, 5) is 27.5. The zero-order chi connectivity index (χ0) is 19.4. The van der Waals surface area contributed by atoms with Gasteiger partial charge in [-0.05, 0) is 36.8 Å². The largest absolute Gasteiger partial charge is 0.494 e. The number of carbonyl (C=O) groups excluding carboxylic acids is 2. The molecule has 0 N–H and O–H groups in total. The monoisotopic (exact) mass is 389 g/mol. The fraction of sp³-hybridized carbons (Fsp3) is 0.300. The summed E-state index contributed by atoms with van der Waals surface area (Å²) < 4.78 is 23.7. The lowest BCUT2D eigenvalue weighted by Crippen LogP contribution is -2.35. The van der Waals surface area contributed by atoms with Crippen molar-refractivity contribution in [3.05, 3.63) is 53.8 Å². The molecule has 0 saturated heterocycles. The van der Waals surface area contributed by atoms with Crippen LogP contribution in [0.4, 0.5) is 10.1 Å². The summed E-state index contributed by atoms with van der Waals surface area (Å²) in [7, 11) is 1.34. The van der Waals surface area contributed by atoms with Gasteiger partial charge in [-0.2, -0.15) is 0 Å². The Morgan fingerprint density at radius 3 is 2.78 bits per heavy atom. The molecule has 1 aliphatic heterocycles. The molecule has 0 aromatic heterocycles. The van der Waals surface area contributed by atoms with Crippen LogP contribution < -0.4 is 9.64 Å². The van der Waals surface area contributed by atoms with E-state index in [1.807, 2.05) is 24.3 Å². The standard InChI is InChI=1S/C20H20FNO4S/c1-13-9-10-22(16-5-3-4-6-18(16)27-13)19(23)12-26-20(24)14-7-8-17(25-2)15(21)11-14/h3-8,11,13H,9-10,12H2,1-2H3/t13-/m1/s1. The van der Waals surface area contributed by atoms with Gasteiger partial charge >= 0.3 is 5.97 Å². The highest BCUT2D eigenvalue weighted by Gasteiger charge is 2.25. The maximum Gasteiger partial charge on any atom is 0.338 e. The van der Waals surface area contributed by atoms with Crippen molar-refractivity contribution in [2.45, 2.75) is 23.5 Å². The van der Waals surface area contributed by atoms with Crippen LogP contribution in [0.3, 0.4) is 0 Å². The molecule has 3 rings (SSSR count). The number of carbonyl (C=O) groups is 2. The summed E-state index contributed by atoms with van der Waals surface area (Å²) in [6, 6.07) is 11.5. The molecule has 5 nitrogen and oxygen atoms in total. The Bertz CT molecular complexity index is 858. The number of para-hydroxylation sites is 1. The molecule has 0 unspecified atom stereocenters. The average Bonchev–Trinajstić information content (AvgIpc) is 2.84. The smallest absolute Gasteiger partial charge is 0.338 e. The minimum Gasteiger partial charge on any atom is -0.494 e. The van der Waals surface area contributed by atoms with Gasteiger partial charge in [0.15, 0.2) is 18.2 Å². The van der Waals surface area contributed by atoms with Crippen LogP contribution in [0.15, 0.2) is 47.4 Å². The zero-order valence-corrected chi connectivity index (χ0v) is 15.9. The summed E-state index contributed by atoms with van der Waals surface area (Å²) in [6.45, 7) is 2.27. The molecule has 0 spiro atoms. The van der Waals surface area contributed by atoms with E-state index < -0.39 is 18.4 Å². The molecule has 2 aromatic rings. The van der Waals surface area contributed by atoms with Crippen molar-refractivity contribution in [1.29, 1.82) is 0 Å². The van der Waals surface area contributed by atoms with Crippen molar-refractivity contribution in [3.8, 4) is 5.75 Å². The zero-order valence-electron chi connectivity index (χ0n) is 15.1.